The van der Waals surface area contributed by atoms with E-state index >= 15 is 0 Å². The Bertz CT molecular complexity index is 1170. The molecule has 0 saturated carbocycles. The molecule has 0 aliphatic rings. The van der Waals surface area contributed by atoms with Gasteiger partial charge in [-0.25, -0.2) is 8.42 Å². The highest BCUT2D eigenvalue weighted by Crippen LogP contribution is 2.29. The number of methoxy groups -OCH3 is 2. The molecule has 0 bridgehead atoms. The van der Waals surface area contributed by atoms with E-state index in [1.54, 1.807) is 18.2 Å². The fraction of sp³-hybridized carbons (Fsp3) is 0.440. The molecule has 0 saturated heterocycles. The molecule has 8 nitrogen and oxygen atoms in total. The number of hydrogen-bond donors (Lipinski definition) is 3. The average Bonchev–Trinajstić information content (AvgIpc) is 2.81. The van der Waals surface area contributed by atoms with Gasteiger partial charge in [0.1, 0.15) is 16.4 Å². The van der Waals surface area contributed by atoms with E-state index in [-0.39, 0.29) is 33.1 Å². The fourth-order valence-electron chi connectivity index (χ4n) is 3.48. The summed E-state index contributed by atoms with van der Waals surface area (Å²) in [6, 6.07) is 10.3. The van der Waals surface area contributed by atoms with Crippen LogP contribution in [0.5, 0.6) is 11.5 Å². The van der Waals surface area contributed by atoms with Crippen molar-refractivity contribution in [2.75, 3.05) is 21.3 Å². The Labute approximate surface area is 213 Å². The van der Waals surface area contributed by atoms with Gasteiger partial charge < -0.3 is 20.1 Å². The highest BCUT2D eigenvalue weighted by atomic mass is 32.2. The number of ether oxygens (including phenoxy) is 2. The maximum atomic E-state index is 13.2. The number of sulfonamides is 1. The molecule has 0 spiro atoms. The van der Waals surface area contributed by atoms with Gasteiger partial charge in [-0.15, -0.1) is 0 Å². The van der Waals surface area contributed by atoms with Crippen LogP contribution in [0.3, 0.4) is 0 Å². The van der Waals surface area contributed by atoms with E-state index in [9.17, 15) is 13.2 Å². The van der Waals surface area contributed by atoms with Gasteiger partial charge in [0.25, 0.3) is 15.9 Å². The van der Waals surface area contributed by atoms with Crippen LogP contribution in [0.15, 0.2) is 41.3 Å². The summed E-state index contributed by atoms with van der Waals surface area (Å²) in [5.74, 6) is 0.443. The van der Waals surface area contributed by atoms with Crippen LogP contribution < -0.4 is 24.8 Å². The fourth-order valence-corrected chi connectivity index (χ4v) is 4.99. The van der Waals surface area contributed by atoms with Gasteiger partial charge in [-0.1, -0.05) is 39.8 Å². The summed E-state index contributed by atoms with van der Waals surface area (Å²) >= 11 is 4.95. The Morgan fingerprint density at radius 3 is 2.23 bits per heavy atom. The van der Waals surface area contributed by atoms with E-state index in [2.05, 4.69) is 36.1 Å². The zero-order chi connectivity index (χ0) is 26.4. The molecule has 0 fully saturated rings. The minimum absolute atomic E-state index is 0.0254. The van der Waals surface area contributed by atoms with Gasteiger partial charge in [0, 0.05) is 13.1 Å². The summed E-state index contributed by atoms with van der Waals surface area (Å²) in [7, 11) is 0.508. The second-order valence-electron chi connectivity index (χ2n) is 9.12. The Balaban J connectivity index is 2.32. The normalized spacial score (nSPS) is 12.4. The lowest BCUT2D eigenvalue weighted by molar-refractivity contribution is 0.0932. The number of carbonyl (C=O) groups excluding carboxylic acids is 1. The minimum Gasteiger partial charge on any atom is -0.496 e. The van der Waals surface area contributed by atoms with Crippen molar-refractivity contribution in [2.45, 2.75) is 56.9 Å². The van der Waals surface area contributed by atoms with Crippen molar-refractivity contribution in [2.24, 2.45) is 0 Å². The second-order valence-corrected chi connectivity index (χ2v) is 11.2. The summed E-state index contributed by atoms with van der Waals surface area (Å²) in [6.07, 6.45) is 1.07. The van der Waals surface area contributed by atoms with Crippen LogP contribution in [0, 0.1) is 0 Å². The first-order chi connectivity index (χ1) is 16.4. The third kappa shape index (κ3) is 7.32. The molecule has 0 aliphatic heterocycles. The predicted molar refractivity (Wildman–Crippen MR) is 142 cm³/mol. The Kier molecular flexibility index (Phi) is 9.51. The van der Waals surface area contributed by atoms with E-state index in [1.165, 1.54) is 27.3 Å². The van der Waals surface area contributed by atoms with Crippen LogP contribution in [-0.4, -0.2) is 46.7 Å². The summed E-state index contributed by atoms with van der Waals surface area (Å²) in [6.45, 7) is 8.21. The van der Waals surface area contributed by atoms with Gasteiger partial charge in [-0.2, -0.15) is 0 Å². The lowest BCUT2D eigenvalue weighted by Crippen LogP contribution is -2.37. The first-order valence-electron chi connectivity index (χ1n) is 11.3. The molecule has 3 N–H and O–H groups in total. The van der Waals surface area contributed by atoms with Gasteiger partial charge in [0.2, 0.25) is 0 Å². The molecule has 0 aliphatic carbocycles. The summed E-state index contributed by atoms with van der Waals surface area (Å²) in [5, 5.41) is 5.63. The maximum absolute atomic E-state index is 13.2. The molecule has 1 atom stereocenters. The highest BCUT2D eigenvalue weighted by Gasteiger charge is 2.24. The van der Waals surface area contributed by atoms with Gasteiger partial charge in [0.15, 0.2) is 5.11 Å². The summed E-state index contributed by atoms with van der Waals surface area (Å²) < 4.78 is 38.6. The van der Waals surface area contributed by atoms with E-state index in [0.29, 0.717) is 24.2 Å². The van der Waals surface area contributed by atoms with Crippen molar-refractivity contribution in [1.82, 2.24) is 15.4 Å². The molecule has 35 heavy (non-hydrogen) atoms. The van der Waals surface area contributed by atoms with Crippen LogP contribution >= 0.6 is 12.2 Å². The van der Waals surface area contributed by atoms with E-state index < -0.39 is 10.0 Å². The first kappa shape index (κ1) is 28.4. The molecule has 1 unspecified atom stereocenters. The Morgan fingerprint density at radius 1 is 1.06 bits per heavy atom. The van der Waals surface area contributed by atoms with E-state index in [0.717, 1.165) is 11.1 Å². The van der Waals surface area contributed by atoms with Crippen LogP contribution in [-0.2, 0) is 21.9 Å². The number of thiocarbonyl (C=S) groups is 1. The summed E-state index contributed by atoms with van der Waals surface area (Å²) in [5.41, 5.74) is 2.08. The second kappa shape index (κ2) is 11.7. The molecule has 2 rings (SSSR count). The van der Waals surface area contributed by atoms with Crippen molar-refractivity contribution in [3.63, 3.8) is 0 Å². The van der Waals surface area contributed by atoms with Gasteiger partial charge in [-0.05, 0) is 65.9 Å². The third-order valence-electron chi connectivity index (χ3n) is 5.59. The Hall–Kier alpha value is -2.85. The average molecular weight is 522 g/mol. The predicted octanol–water partition coefficient (Wildman–Crippen LogP) is 3.54. The van der Waals surface area contributed by atoms with Crippen molar-refractivity contribution in [1.29, 1.82) is 0 Å². The first-order valence-corrected chi connectivity index (χ1v) is 13.2. The minimum atomic E-state index is -3.96. The van der Waals surface area contributed by atoms with Crippen molar-refractivity contribution in [3.05, 3.63) is 53.1 Å². The number of benzene rings is 2. The zero-order valence-corrected chi connectivity index (χ0v) is 22.9. The van der Waals surface area contributed by atoms with Crippen molar-refractivity contribution in [3.8, 4) is 11.5 Å². The van der Waals surface area contributed by atoms with E-state index in [4.69, 9.17) is 21.7 Å². The van der Waals surface area contributed by atoms with Gasteiger partial charge >= 0.3 is 0 Å². The highest BCUT2D eigenvalue weighted by molar-refractivity contribution is 7.92. The third-order valence-corrected chi connectivity index (χ3v) is 7.40. The van der Waals surface area contributed by atoms with Crippen molar-refractivity contribution >= 4 is 33.3 Å². The largest absolute Gasteiger partial charge is 0.496 e. The Morgan fingerprint density at radius 2 is 1.69 bits per heavy atom. The molecular weight excluding hydrogens is 486 g/mol. The summed E-state index contributed by atoms with van der Waals surface area (Å²) in [4.78, 5) is 13.2. The number of rotatable bonds is 9. The SMILES string of the molecule is CCC(Cc1ccc(OC)c(S(=O)(=O)NC(=S)NC)c1)NC(=O)c1cc(C(C)(C)C)ccc1OC. The van der Waals surface area contributed by atoms with Gasteiger partial charge in [-0.3, -0.25) is 9.52 Å². The molecule has 1 amide bonds. The molecule has 10 heteroatoms. The number of hydrogen-bond acceptors (Lipinski definition) is 6. The van der Waals surface area contributed by atoms with Crippen LogP contribution in [0.4, 0.5) is 0 Å². The van der Waals surface area contributed by atoms with Crippen molar-refractivity contribution < 1.29 is 22.7 Å². The molecule has 0 heterocycles. The molecule has 0 radical (unpaired) electrons. The smallest absolute Gasteiger partial charge is 0.267 e. The monoisotopic (exact) mass is 521 g/mol. The van der Waals surface area contributed by atoms with Crippen LogP contribution in [0.2, 0.25) is 0 Å². The zero-order valence-electron chi connectivity index (χ0n) is 21.3. The standard InChI is InChI=1S/C25H35N3O5S2/c1-8-18(27-23(29)19-15-17(25(2,3)4)10-12-20(19)32-6)13-16-9-11-21(33-7)22(14-16)35(30,31)28-24(34)26-5/h9-12,14-15,18H,8,13H2,1-7H3,(H,27,29)(H2,26,28,34). The lowest BCUT2D eigenvalue weighted by atomic mass is 9.86. The molecule has 2 aromatic carbocycles. The quantitative estimate of drug-likeness (QED) is 0.434. The molecule has 0 aromatic heterocycles. The molecular formula is C25H35N3O5S2. The topological polar surface area (TPSA) is 106 Å². The molecule has 192 valence electrons. The van der Waals surface area contributed by atoms with Gasteiger partial charge in [0.05, 0.1) is 19.8 Å². The van der Waals surface area contributed by atoms with Crippen LogP contribution in [0.25, 0.3) is 0 Å². The van der Waals surface area contributed by atoms with E-state index in [1.807, 2.05) is 19.1 Å². The molecule has 2 aromatic rings. The maximum Gasteiger partial charge on any atom is 0.267 e. The number of amides is 1. The number of nitrogens with one attached hydrogen (secondary N) is 3. The number of carbonyl (C=O) groups is 1. The van der Waals surface area contributed by atoms with Crippen LogP contribution in [0.1, 0.15) is 55.6 Å². The lowest BCUT2D eigenvalue weighted by Gasteiger charge is -2.22.